The Balaban J connectivity index is 1.82. The van der Waals surface area contributed by atoms with Crippen molar-refractivity contribution in [2.45, 2.75) is 26.2 Å². The van der Waals surface area contributed by atoms with Crippen LogP contribution in [-0.4, -0.2) is 12.7 Å². The minimum Gasteiger partial charge on any atom is -0.374 e. The Bertz CT molecular complexity index is 536. The second kappa shape index (κ2) is 9.19. The molecule has 0 bridgehead atoms. The molecule has 2 heteroatoms. The summed E-state index contributed by atoms with van der Waals surface area (Å²) in [7, 11) is 0. The van der Waals surface area contributed by atoms with Crippen LogP contribution in [0.3, 0.4) is 0 Å². The van der Waals surface area contributed by atoms with Crippen LogP contribution in [0.5, 0.6) is 0 Å². The highest BCUT2D eigenvalue weighted by Gasteiger charge is 2.15. The lowest BCUT2D eigenvalue weighted by atomic mass is 10.1. The lowest BCUT2D eigenvalue weighted by Crippen LogP contribution is -2.26. The molecule has 0 radical (unpaired) electrons. The van der Waals surface area contributed by atoms with Crippen LogP contribution in [0, 0.1) is 5.92 Å². The van der Waals surface area contributed by atoms with Crippen LogP contribution in [0.4, 0.5) is 0 Å². The Morgan fingerprint density at radius 1 is 0.909 bits per heavy atom. The lowest BCUT2D eigenvalue weighted by molar-refractivity contribution is -0.0460. The fourth-order valence-corrected chi connectivity index (χ4v) is 2.15. The van der Waals surface area contributed by atoms with Crippen LogP contribution in [0.1, 0.15) is 18.1 Å². The molecule has 0 N–H and O–H groups in total. The molecule has 2 aromatic rings. The Kier molecular flexibility index (Phi) is 6.88. The highest BCUT2D eigenvalue weighted by Crippen LogP contribution is 2.13. The smallest absolute Gasteiger partial charge is 0.0872 e. The van der Waals surface area contributed by atoms with Crippen LogP contribution in [0.25, 0.3) is 0 Å². The molecule has 22 heavy (non-hydrogen) atoms. The molecule has 0 aliphatic heterocycles. The van der Waals surface area contributed by atoms with Crippen molar-refractivity contribution in [1.82, 2.24) is 0 Å². The molecule has 116 valence electrons. The molecule has 0 heterocycles. The highest BCUT2D eigenvalue weighted by molar-refractivity contribution is 5.14. The molecule has 2 atom stereocenters. The Morgan fingerprint density at radius 3 is 2.00 bits per heavy atom. The number of benzene rings is 2. The first-order valence-electron chi connectivity index (χ1n) is 7.69. The quantitative estimate of drug-likeness (QED) is 0.629. The van der Waals surface area contributed by atoms with Gasteiger partial charge in [-0.05, 0) is 11.1 Å². The van der Waals surface area contributed by atoms with E-state index in [9.17, 15) is 0 Å². The van der Waals surface area contributed by atoms with Gasteiger partial charge in [0.2, 0.25) is 0 Å². The maximum atomic E-state index is 6.02. The topological polar surface area (TPSA) is 18.5 Å². The van der Waals surface area contributed by atoms with Gasteiger partial charge in [0.1, 0.15) is 0 Å². The third-order valence-corrected chi connectivity index (χ3v) is 3.66. The second-order valence-corrected chi connectivity index (χ2v) is 5.43. The Morgan fingerprint density at radius 2 is 1.45 bits per heavy atom. The number of hydrogen-bond donors (Lipinski definition) is 0. The normalized spacial score (nSPS) is 13.5. The van der Waals surface area contributed by atoms with Crippen molar-refractivity contribution >= 4 is 0 Å². The van der Waals surface area contributed by atoms with Crippen LogP contribution < -0.4 is 0 Å². The van der Waals surface area contributed by atoms with Gasteiger partial charge in [0, 0.05) is 5.92 Å². The largest absolute Gasteiger partial charge is 0.374 e. The summed E-state index contributed by atoms with van der Waals surface area (Å²) in [6.07, 6.45) is 1.93. The molecule has 0 saturated carbocycles. The maximum absolute atomic E-state index is 6.02. The minimum atomic E-state index is 0.0152. The van der Waals surface area contributed by atoms with Crippen molar-refractivity contribution in [2.24, 2.45) is 5.92 Å². The summed E-state index contributed by atoms with van der Waals surface area (Å²) in [6, 6.07) is 20.4. The zero-order chi connectivity index (χ0) is 15.6. The van der Waals surface area contributed by atoms with Crippen molar-refractivity contribution < 1.29 is 9.47 Å². The standard InChI is InChI=1S/C20H24O2/c1-3-17(2)20(22-15-19-12-8-5-9-13-19)16-21-14-18-10-6-4-7-11-18/h3-13,17,20H,1,14-16H2,2H3/t17-,20+/m1/s1. The molecule has 0 aromatic heterocycles. The molecule has 0 saturated heterocycles. The summed E-state index contributed by atoms with van der Waals surface area (Å²) in [6.45, 7) is 7.74. The molecule has 2 aromatic carbocycles. The van der Waals surface area contributed by atoms with Gasteiger partial charge >= 0.3 is 0 Å². The van der Waals surface area contributed by atoms with Gasteiger partial charge in [-0.2, -0.15) is 0 Å². The Labute approximate surface area is 133 Å². The van der Waals surface area contributed by atoms with Gasteiger partial charge in [-0.25, -0.2) is 0 Å². The molecule has 0 fully saturated rings. The van der Waals surface area contributed by atoms with E-state index >= 15 is 0 Å². The molecule has 0 aliphatic carbocycles. The van der Waals surface area contributed by atoms with Crippen molar-refractivity contribution in [3.63, 3.8) is 0 Å². The third-order valence-electron chi connectivity index (χ3n) is 3.66. The molecular formula is C20H24O2. The molecule has 0 amide bonds. The molecule has 0 aliphatic rings. The highest BCUT2D eigenvalue weighted by atomic mass is 16.5. The van der Waals surface area contributed by atoms with Gasteiger partial charge in [0.15, 0.2) is 0 Å². The fraction of sp³-hybridized carbons (Fsp3) is 0.300. The van der Waals surface area contributed by atoms with Crippen molar-refractivity contribution in [2.75, 3.05) is 6.61 Å². The van der Waals surface area contributed by atoms with Gasteiger partial charge in [-0.1, -0.05) is 73.7 Å². The number of rotatable bonds is 9. The Hall–Kier alpha value is -1.90. The van der Waals surface area contributed by atoms with Gasteiger partial charge in [-0.15, -0.1) is 6.58 Å². The van der Waals surface area contributed by atoms with Crippen LogP contribution in [0.15, 0.2) is 73.3 Å². The van der Waals surface area contributed by atoms with Gasteiger partial charge < -0.3 is 9.47 Å². The predicted octanol–water partition coefficient (Wildman–Crippen LogP) is 4.61. The molecule has 0 unspecified atom stereocenters. The van der Waals surface area contributed by atoms with E-state index in [1.807, 2.05) is 42.5 Å². The van der Waals surface area contributed by atoms with Crippen molar-refractivity contribution in [1.29, 1.82) is 0 Å². The summed E-state index contributed by atoms with van der Waals surface area (Å²) in [5, 5.41) is 0. The average Bonchev–Trinajstić information content (AvgIpc) is 2.59. The zero-order valence-electron chi connectivity index (χ0n) is 13.2. The first-order valence-corrected chi connectivity index (χ1v) is 7.69. The molecule has 2 nitrogen and oxygen atoms in total. The zero-order valence-corrected chi connectivity index (χ0v) is 13.2. The molecular weight excluding hydrogens is 272 g/mol. The molecule has 2 rings (SSSR count). The van der Waals surface area contributed by atoms with E-state index < -0.39 is 0 Å². The van der Waals surface area contributed by atoms with E-state index in [4.69, 9.17) is 9.47 Å². The summed E-state index contributed by atoms with van der Waals surface area (Å²) < 4.78 is 11.8. The third kappa shape index (κ3) is 5.47. The SMILES string of the molecule is C=C[C@@H](C)[C@H](COCc1ccccc1)OCc1ccccc1. The van der Waals surface area contributed by atoms with E-state index in [-0.39, 0.29) is 12.0 Å². The van der Waals surface area contributed by atoms with E-state index in [0.717, 1.165) is 0 Å². The fourth-order valence-electron chi connectivity index (χ4n) is 2.15. The van der Waals surface area contributed by atoms with E-state index in [1.54, 1.807) is 0 Å². The average molecular weight is 296 g/mol. The van der Waals surface area contributed by atoms with Crippen molar-refractivity contribution in [3.8, 4) is 0 Å². The van der Waals surface area contributed by atoms with E-state index in [0.29, 0.717) is 19.8 Å². The van der Waals surface area contributed by atoms with E-state index in [2.05, 4.69) is 37.8 Å². The molecule has 0 spiro atoms. The van der Waals surface area contributed by atoms with Crippen molar-refractivity contribution in [3.05, 3.63) is 84.4 Å². The summed E-state index contributed by atoms with van der Waals surface area (Å²) >= 11 is 0. The summed E-state index contributed by atoms with van der Waals surface area (Å²) in [5.41, 5.74) is 2.35. The van der Waals surface area contributed by atoms with Crippen LogP contribution in [-0.2, 0) is 22.7 Å². The summed E-state index contributed by atoms with van der Waals surface area (Å²) in [4.78, 5) is 0. The second-order valence-electron chi connectivity index (χ2n) is 5.43. The predicted molar refractivity (Wildman–Crippen MR) is 90.5 cm³/mol. The minimum absolute atomic E-state index is 0.0152. The van der Waals surface area contributed by atoms with Gasteiger partial charge in [0.25, 0.3) is 0 Å². The number of hydrogen-bond acceptors (Lipinski definition) is 2. The maximum Gasteiger partial charge on any atom is 0.0872 e. The van der Waals surface area contributed by atoms with Gasteiger partial charge in [-0.3, -0.25) is 0 Å². The van der Waals surface area contributed by atoms with E-state index in [1.165, 1.54) is 11.1 Å². The lowest BCUT2D eigenvalue weighted by Gasteiger charge is -2.22. The number of ether oxygens (including phenoxy) is 2. The summed E-state index contributed by atoms with van der Waals surface area (Å²) in [5.74, 6) is 0.250. The van der Waals surface area contributed by atoms with Gasteiger partial charge in [0.05, 0.1) is 25.9 Å². The van der Waals surface area contributed by atoms with Crippen LogP contribution >= 0.6 is 0 Å². The monoisotopic (exact) mass is 296 g/mol. The first-order chi connectivity index (χ1) is 10.8. The first kappa shape index (κ1) is 16.5. The van der Waals surface area contributed by atoms with Crippen LogP contribution in [0.2, 0.25) is 0 Å².